The summed E-state index contributed by atoms with van der Waals surface area (Å²) in [6.07, 6.45) is 1.04. The molecule has 2 aliphatic heterocycles. The molecule has 3 nitrogen and oxygen atoms in total. The third-order valence-electron chi connectivity index (χ3n) is 4.77. The van der Waals surface area contributed by atoms with Crippen molar-refractivity contribution in [2.24, 2.45) is 0 Å². The van der Waals surface area contributed by atoms with Crippen LogP contribution in [0.3, 0.4) is 0 Å². The van der Waals surface area contributed by atoms with Gasteiger partial charge in [-0.1, -0.05) is 47.0 Å². The van der Waals surface area contributed by atoms with Gasteiger partial charge in [0.2, 0.25) is 0 Å². The molecule has 0 saturated heterocycles. The first kappa shape index (κ1) is 17.2. The molecule has 25 heavy (non-hydrogen) atoms. The van der Waals surface area contributed by atoms with Crippen molar-refractivity contribution in [3.05, 3.63) is 63.6 Å². The van der Waals surface area contributed by atoms with E-state index < -0.39 is 5.72 Å². The summed E-state index contributed by atoms with van der Waals surface area (Å²) in [5.41, 5.74) is 1.98. The van der Waals surface area contributed by atoms with Gasteiger partial charge in [0.05, 0.1) is 16.6 Å². The average Bonchev–Trinajstić information content (AvgIpc) is 2.93. The summed E-state index contributed by atoms with van der Waals surface area (Å²) < 4.78 is 2.10. The number of benzene rings is 2. The van der Waals surface area contributed by atoms with Crippen molar-refractivity contribution in [2.45, 2.75) is 19.1 Å². The number of anilines is 1. The summed E-state index contributed by atoms with van der Waals surface area (Å²) in [7, 11) is 0. The number of β-amino-alcohol motifs (C(OH)–C–C–N with tert-alkyl or cyclic N) is 1. The highest BCUT2D eigenvalue weighted by Crippen LogP contribution is 2.39. The van der Waals surface area contributed by atoms with Crippen LogP contribution in [0.2, 0.25) is 10.0 Å². The van der Waals surface area contributed by atoms with Gasteiger partial charge < -0.3 is 5.11 Å². The number of hydrogen-bond acceptors (Lipinski definition) is 3. The topological polar surface area (TPSA) is 26.5 Å². The Morgan fingerprint density at radius 2 is 1.88 bits per heavy atom. The molecule has 0 spiro atoms. The standard InChI is InChI=1S/C19H19Cl2N2OS/c1-13-3-6-15(7-4-13)22-12-19(24,23-9-2-10-25-18(22)23)14-5-8-16(20)17(21)11-14/h3-8,11,24H,2,9-10,12H2,1H3/q+1/t19-/m1/s1. The molecular weight excluding hydrogens is 375 g/mol. The minimum atomic E-state index is -1.11. The van der Waals surface area contributed by atoms with Gasteiger partial charge in [0, 0.05) is 11.3 Å². The zero-order valence-corrected chi connectivity index (χ0v) is 16.2. The number of nitrogens with zero attached hydrogens (tertiary/aromatic N) is 2. The number of aliphatic hydroxyl groups is 1. The van der Waals surface area contributed by atoms with E-state index in [2.05, 4.69) is 40.7 Å². The van der Waals surface area contributed by atoms with E-state index in [1.807, 2.05) is 6.07 Å². The van der Waals surface area contributed by atoms with Crippen LogP contribution >= 0.6 is 35.0 Å². The molecule has 0 fully saturated rings. The fourth-order valence-corrected chi connectivity index (χ4v) is 4.90. The predicted octanol–water partition coefficient (Wildman–Crippen LogP) is 4.47. The first-order valence-electron chi connectivity index (χ1n) is 8.28. The molecular formula is C19H19Cl2N2OS+. The van der Waals surface area contributed by atoms with E-state index in [0.717, 1.165) is 35.1 Å². The van der Waals surface area contributed by atoms with E-state index >= 15 is 0 Å². The second-order valence-electron chi connectivity index (χ2n) is 6.50. The van der Waals surface area contributed by atoms with Gasteiger partial charge >= 0.3 is 5.17 Å². The molecule has 6 heteroatoms. The van der Waals surface area contributed by atoms with Crippen molar-refractivity contribution in [3.63, 3.8) is 0 Å². The Hall–Kier alpha value is -1.20. The molecule has 0 radical (unpaired) electrons. The zero-order valence-electron chi connectivity index (χ0n) is 13.9. The lowest BCUT2D eigenvalue weighted by Crippen LogP contribution is -2.41. The number of amidine groups is 1. The summed E-state index contributed by atoms with van der Waals surface area (Å²) in [5.74, 6) is 1.06. The normalized spacial score (nSPS) is 23.1. The van der Waals surface area contributed by atoms with Gasteiger partial charge in [0.15, 0.2) is 6.54 Å². The summed E-state index contributed by atoms with van der Waals surface area (Å²) in [5, 5.41) is 13.7. The highest BCUT2D eigenvalue weighted by molar-refractivity contribution is 8.13. The number of hydrogen-bond donors (Lipinski definition) is 1. The molecule has 0 aromatic heterocycles. The quantitative estimate of drug-likeness (QED) is 0.762. The van der Waals surface area contributed by atoms with Crippen molar-refractivity contribution >= 4 is 45.8 Å². The predicted molar refractivity (Wildman–Crippen MR) is 106 cm³/mol. The molecule has 1 atom stereocenters. The highest BCUT2D eigenvalue weighted by atomic mass is 35.5. The van der Waals surface area contributed by atoms with Crippen LogP contribution in [0, 0.1) is 6.92 Å². The Kier molecular flexibility index (Phi) is 4.49. The van der Waals surface area contributed by atoms with E-state index in [-0.39, 0.29) is 0 Å². The lowest BCUT2D eigenvalue weighted by Gasteiger charge is -2.24. The van der Waals surface area contributed by atoms with Crippen LogP contribution in [0.25, 0.3) is 0 Å². The van der Waals surface area contributed by atoms with Gasteiger partial charge in [-0.05, 0) is 49.4 Å². The van der Waals surface area contributed by atoms with E-state index in [9.17, 15) is 5.11 Å². The molecule has 2 heterocycles. The minimum Gasteiger partial charge on any atom is -0.346 e. The third kappa shape index (κ3) is 2.95. The van der Waals surface area contributed by atoms with Gasteiger partial charge in [-0.3, -0.25) is 0 Å². The molecule has 0 bridgehead atoms. The van der Waals surface area contributed by atoms with Crippen LogP contribution in [0.4, 0.5) is 5.69 Å². The van der Waals surface area contributed by atoms with Crippen molar-refractivity contribution in [3.8, 4) is 0 Å². The second kappa shape index (κ2) is 6.51. The molecule has 0 saturated carbocycles. The van der Waals surface area contributed by atoms with E-state index in [0.29, 0.717) is 16.6 Å². The third-order valence-corrected chi connectivity index (χ3v) is 6.70. The average molecular weight is 394 g/mol. The van der Waals surface area contributed by atoms with E-state index in [1.54, 1.807) is 23.9 Å². The van der Waals surface area contributed by atoms with Crippen LogP contribution in [-0.4, -0.2) is 33.7 Å². The Labute approximate surface area is 161 Å². The lowest BCUT2D eigenvalue weighted by molar-refractivity contribution is -0.656. The maximum absolute atomic E-state index is 11.6. The second-order valence-corrected chi connectivity index (χ2v) is 8.38. The van der Waals surface area contributed by atoms with E-state index in [1.165, 1.54) is 5.56 Å². The molecule has 0 unspecified atom stereocenters. The summed E-state index contributed by atoms with van der Waals surface area (Å²) in [6.45, 7) is 3.37. The van der Waals surface area contributed by atoms with Crippen LogP contribution in [-0.2, 0) is 5.72 Å². The minimum absolute atomic E-state index is 0.465. The molecule has 1 N–H and O–H groups in total. The number of rotatable bonds is 2. The number of thioether (sulfide) groups is 1. The van der Waals surface area contributed by atoms with Gasteiger partial charge in [-0.15, -0.1) is 0 Å². The first-order chi connectivity index (χ1) is 12.0. The van der Waals surface area contributed by atoms with Gasteiger partial charge in [-0.25, -0.2) is 9.48 Å². The summed E-state index contributed by atoms with van der Waals surface area (Å²) in [4.78, 5) is 2.20. The van der Waals surface area contributed by atoms with Gasteiger partial charge in [-0.2, -0.15) is 0 Å². The number of aryl methyl sites for hydroxylation is 1. The van der Waals surface area contributed by atoms with Crippen LogP contribution in [0.5, 0.6) is 0 Å². The SMILES string of the molecule is Cc1ccc(N2C[C@@](O)(c3ccc(Cl)c(Cl)c3)[N+]3=C2SCCC3)cc1. The fourth-order valence-electron chi connectivity index (χ4n) is 3.42. The van der Waals surface area contributed by atoms with Gasteiger partial charge in [0.1, 0.15) is 5.69 Å². The zero-order chi connectivity index (χ0) is 17.6. The first-order valence-corrected chi connectivity index (χ1v) is 10.0. The monoisotopic (exact) mass is 393 g/mol. The molecule has 4 rings (SSSR count). The maximum Gasteiger partial charge on any atom is 0.316 e. The molecule has 0 amide bonds. The maximum atomic E-state index is 11.6. The summed E-state index contributed by atoms with van der Waals surface area (Å²) in [6, 6.07) is 13.8. The Balaban J connectivity index is 1.80. The molecule has 2 aromatic rings. The Bertz CT molecular complexity index is 853. The van der Waals surface area contributed by atoms with Crippen molar-refractivity contribution in [2.75, 3.05) is 23.7 Å². The van der Waals surface area contributed by atoms with Gasteiger partial charge in [0.25, 0.3) is 5.72 Å². The molecule has 0 aliphatic carbocycles. The molecule has 2 aromatic carbocycles. The molecule has 2 aliphatic rings. The highest BCUT2D eigenvalue weighted by Gasteiger charge is 2.53. The molecule has 130 valence electrons. The Morgan fingerprint density at radius 1 is 1.12 bits per heavy atom. The van der Waals surface area contributed by atoms with Crippen molar-refractivity contribution < 1.29 is 9.68 Å². The Morgan fingerprint density at radius 3 is 2.60 bits per heavy atom. The van der Waals surface area contributed by atoms with Crippen LogP contribution < -0.4 is 4.90 Å². The van der Waals surface area contributed by atoms with Crippen LogP contribution in [0.1, 0.15) is 17.5 Å². The smallest absolute Gasteiger partial charge is 0.316 e. The largest absolute Gasteiger partial charge is 0.346 e. The summed E-state index contributed by atoms with van der Waals surface area (Å²) >= 11 is 14.1. The van der Waals surface area contributed by atoms with Crippen molar-refractivity contribution in [1.29, 1.82) is 0 Å². The lowest BCUT2D eigenvalue weighted by atomic mass is 10.0. The number of halogens is 2. The fraction of sp³-hybridized carbons (Fsp3) is 0.316. The van der Waals surface area contributed by atoms with Crippen LogP contribution in [0.15, 0.2) is 42.5 Å². The van der Waals surface area contributed by atoms with Crippen molar-refractivity contribution in [1.82, 2.24) is 0 Å². The van der Waals surface area contributed by atoms with E-state index in [4.69, 9.17) is 23.2 Å².